The average molecular weight is 319 g/mol. The molecule has 20 heavy (non-hydrogen) atoms. The minimum Gasteiger partial charge on any atom is -0.323 e. The molecule has 0 fully saturated rings. The fraction of sp³-hybridized carbons (Fsp3) is 0.462. The lowest BCUT2D eigenvalue weighted by atomic mass is 9.96. The summed E-state index contributed by atoms with van der Waals surface area (Å²) in [4.78, 5) is 12.2. The SMILES string of the molecule is CCCC(C)(N)C(=O)Nc1cc(S(C)(=O)=O)ccc1Cl. The summed E-state index contributed by atoms with van der Waals surface area (Å²) in [5.74, 6) is -0.396. The topological polar surface area (TPSA) is 89.3 Å². The highest BCUT2D eigenvalue weighted by atomic mass is 35.5. The van der Waals surface area contributed by atoms with Crippen LogP contribution < -0.4 is 11.1 Å². The number of amides is 1. The molecule has 0 radical (unpaired) electrons. The third-order valence-electron chi connectivity index (χ3n) is 2.90. The van der Waals surface area contributed by atoms with E-state index in [9.17, 15) is 13.2 Å². The fourth-order valence-electron chi connectivity index (χ4n) is 1.73. The summed E-state index contributed by atoms with van der Waals surface area (Å²) in [6, 6.07) is 4.15. The number of hydrogen-bond acceptors (Lipinski definition) is 4. The number of hydrogen-bond donors (Lipinski definition) is 2. The van der Waals surface area contributed by atoms with Gasteiger partial charge in [0.1, 0.15) is 0 Å². The maximum atomic E-state index is 12.1. The summed E-state index contributed by atoms with van der Waals surface area (Å²) in [5, 5.41) is 2.85. The van der Waals surface area contributed by atoms with E-state index in [1.807, 2.05) is 6.92 Å². The lowest BCUT2D eigenvalue weighted by Gasteiger charge is -2.23. The molecule has 0 aromatic heterocycles. The van der Waals surface area contributed by atoms with Gasteiger partial charge in [0, 0.05) is 6.26 Å². The minimum atomic E-state index is -3.36. The zero-order valence-corrected chi connectivity index (χ0v) is 13.3. The zero-order valence-electron chi connectivity index (χ0n) is 11.7. The number of rotatable bonds is 5. The van der Waals surface area contributed by atoms with Crippen molar-refractivity contribution >= 4 is 33.0 Å². The molecular formula is C13H19ClN2O3S. The Morgan fingerprint density at radius 1 is 1.45 bits per heavy atom. The molecule has 0 saturated carbocycles. The van der Waals surface area contributed by atoms with Crippen molar-refractivity contribution in [3.05, 3.63) is 23.2 Å². The molecule has 0 aliphatic heterocycles. The van der Waals surface area contributed by atoms with E-state index in [2.05, 4.69) is 5.32 Å². The molecule has 0 aliphatic carbocycles. The number of halogens is 1. The third-order valence-corrected chi connectivity index (χ3v) is 4.34. The van der Waals surface area contributed by atoms with Crippen molar-refractivity contribution in [2.45, 2.75) is 37.1 Å². The van der Waals surface area contributed by atoms with Crippen LogP contribution >= 0.6 is 11.6 Å². The molecule has 1 rings (SSSR count). The number of nitrogens with one attached hydrogen (secondary N) is 1. The molecule has 3 N–H and O–H groups in total. The van der Waals surface area contributed by atoms with Gasteiger partial charge in [0.25, 0.3) is 0 Å². The second-order valence-corrected chi connectivity index (χ2v) is 7.46. The van der Waals surface area contributed by atoms with Crippen LogP contribution in [0.25, 0.3) is 0 Å². The van der Waals surface area contributed by atoms with Crippen LogP contribution in [0.15, 0.2) is 23.1 Å². The second kappa shape index (κ2) is 6.11. The van der Waals surface area contributed by atoms with Crippen LogP contribution in [0.1, 0.15) is 26.7 Å². The van der Waals surface area contributed by atoms with Gasteiger partial charge >= 0.3 is 0 Å². The van der Waals surface area contributed by atoms with Gasteiger partial charge < -0.3 is 11.1 Å². The Morgan fingerprint density at radius 3 is 2.55 bits per heavy atom. The lowest BCUT2D eigenvalue weighted by Crippen LogP contribution is -2.48. The van der Waals surface area contributed by atoms with Crippen LogP contribution in [0, 0.1) is 0 Å². The summed E-state index contributed by atoms with van der Waals surface area (Å²) in [6.07, 6.45) is 2.37. The van der Waals surface area contributed by atoms with Gasteiger partial charge in [-0.2, -0.15) is 0 Å². The Morgan fingerprint density at radius 2 is 2.05 bits per heavy atom. The lowest BCUT2D eigenvalue weighted by molar-refractivity contribution is -0.120. The van der Waals surface area contributed by atoms with Gasteiger partial charge in [0.15, 0.2) is 9.84 Å². The highest BCUT2D eigenvalue weighted by Gasteiger charge is 2.27. The Hall–Kier alpha value is -1.11. The first-order valence-corrected chi connectivity index (χ1v) is 8.45. The Kier molecular flexibility index (Phi) is 5.18. The van der Waals surface area contributed by atoms with Gasteiger partial charge in [-0.05, 0) is 31.5 Å². The van der Waals surface area contributed by atoms with Crippen LogP contribution in [0.3, 0.4) is 0 Å². The van der Waals surface area contributed by atoms with E-state index >= 15 is 0 Å². The zero-order chi connectivity index (χ0) is 15.6. The molecule has 1 aromatic carbocycles. The minimum absolute atomic E-state index is 0.0893. The number of nitrogens with two attached hydrogens (primary N) is 1. The molecule has 0 heterocycles. The fourth-order valence-corrected chi connectivity index (χ4v) is 2.54. The number of benzene rings is 1. The maximum Gasteiger partial charge on any atom is 0.244 e. The molecule has 1 atom stereocenters. The first kappa shape index (κ1) is 16.9. The van der Waals surface area contributed by atoms with E-state index in [4.69, 9.17) is 17.3 Å². The van der Waals surface area contributed by atoms with E-state index < -0.39 is 21.3 Å². The molecule has 0 saturated heterocycles. The van der Waals surface area contributed by atoms with Crippen molar-refractivity contribution in [3.63, 3.8) is 0 Å². The Bertz CT molecular complexity index is 612. The monoisotopic (exact) mass is 318 g/mol. The predicted molar refractivity (Wildman–Crippen MR) is 80.7 cm³/mol. The molecule has 7 heteroatoms. The molecular weight excluding hydrogens is 300 g/mol. The van der Waals surface area contributed by atoms with E-state index in [1.54, 1.807) is 6.92 Å². The normalized spacial score (nSPS) is 14.7. The highest BCUT2D eigenvalue weighted by molar-refractivity contribution is 7.90. The number of anilines is 1. The Labute approximate surface area is 124 Å². The second-order valence-electron chi connectivity index (χ2n) is 5.04. The maximum absolute atomic E-state index is 12.1. The van der Waals surface area contributed by atoms with Crippen LogP contribution in [0.2, 0.25) is 5.02 Å². The number of carbonyl (C=O) groups excluding carboxylic acids is 1. The smallest absolute Gasteiger partial charge is 0.244 e. The first-order chi connectivity index (χ1) is 9.08. The molecule has 0 bridgehead atoms. The van der Waals surface area contributed by atoms with Crippen molar-refractivity contribution in [3.8, 4) is 0 Å². The quantitative estimate of drug-likeness (QED) is 0.871. The van der Waals surface area contributed by atoms with Crippen LogP contribution in [-0.2, 0) is 14.6 Å². The van der Waals surface area contributed by atoms with Gasteiger partial charge in [-0.25, -0.2) is 8.42 Å². The summed E-state index contributed by atoms with van der Waals surface area (Å²) in [5.41, 5.74) is 5.13. The van der Waals surface area contributed by atoms with Gasteiger partial charge in [-0.15, -0.1) is 0 Å². The first-order valence-electron chi connectivity index (χ1n) is 6.18. The van der Waals surface area contributed by atoms with Crippen LogP contribution in [-0.4, -0.2) is 26.1 Å². The standard InChI is InChI=1S/C13H19ClN2O3S/c1-4-7-13(2,15)12(17)16-11-8-9(20(3,18)19)5-6-10(11)14/h5-6,8H,4,7,15H2,1-3H3,(H,16,17). The molecule has 0 aliphatic rings. The van der Waals surface area contributed by atoms with Crippen molar-refractivity contribution in [2.75, 3.05) is 11.6 Å². The van der Waals surface area contributed by atoms with E-state index in [0.717, 1.165) is 12.7 Å². The molecule has 1 amide bonds. The Balaban J connectivity index is 3.07. The average Bonchev–Trinajstić information content (AvgIpc) is 2.30. The van der Waals surface area contributed by atoms with Crippen LogP contribution in [0.5, 0.6) is 0 Å². The summed E-state index contributed by atoms with van der Waals surface area (Å²) in [7, 11) is -3.36. The van der Waals surface area contributed by atoms with Crippen molar-refractivity contribution in [2.24, 2.45) is 5.73 Å². The third kappa shape index (κ3) is 4.19. The molecule has 1 unspecified atom stereocenters. The van der Waals surface area contributed by atoms with Gasteiger partial charge in [0.2, 0.25) is 5.91 Å². The van der Waals surface area contributed by atoms with E-state index in [0.29, 0.717) is 6.42 Å². The van der Waals surface area contributed by atoms with E-state index in [-0.39, 0.29) is 15.6 Å². The van der Waals surface area contributed by atoms with Gasteiger partial charge in [0.05, 0.1) is 21.1 Å². The van der Waals surface area contributed by atoms with Crippen molar-refractivity contribution in [1.82, 2.24) is 0 Å². The van der Waals surface area contributed by atoms with E-state index in [1.165, 1.54) is 18.2 Å². The largest absolute Gasteiger partial charge is 0.323 e. The molecule has 0 spiro atoms. The van der Waals surface area contributed by atoms with Crippen LogP contribution in [0.4, 0.5) is 5.69 Å². The summed E-state index contributed by atoms with van der Waals surface area (Å²) >= 11 is 5.97. The number of sulfone groups is 1. The highest BCUT2D eigenvalue weighted by Crippen LogP contribution is 2.26. The number of carbonyl (C=O) groups is 1. The predicted octanol–water partition coefficient (Wildman–Crippen LogP) is 2.20. The van der Waals surface area contributed by atoms with Gasteiger partial charge in [-0.1, -0.05) is 24.9 Å². The van der Waals surface area contributed by atoms with Crippen molar-refractivity contribution < 1.29 is 13.2 Å². The van der Waals surface area contributed by atoms with Crippen molar-refractivity contribution in [1.29, 1.82) is 0 Å². The summed E-state index contributed by atoms with van der Waals surface area (Å²) in [6.45, 7) is 3.55. The molecule has 112 valence electrons. The summed E-state index contributed by atoms with van der Waals surface area (Å²) < 4.78 is 23.0. The molecule has 1 aromatic rings. The van der Waals surface area contributed by atoms with Gasteiger partial charge in [-0.3, -0.25) is 4.79 Å². The molecule has 5 nitrogen and oxygen atoms in total.